The first-order chi connectivity index (χ1) is 7.45. The van der Waals surface area contributed by atoms with E-state index in [2.05, 4.69) is 0 Å². The SMILES string of the molecule is CCCC(C)P(=O)(O)O.O=C(O)O.O=C(O)O. The summed E-state index contributed by atoms with van der Waals surface area (Å²) in [5.41, 5.74) is -0.470. The number of hydrogen-bond acceptors (Lipinski definition) is 3. The topological polar surface area (TPSA) is 173 Å². The lowest BCUT2D eigenvalue weighted by molar-refractivity contribution is 0.135. The van der Waals surface area contributed by atoms with E-state index in [9.17, 15) is 4.57 Å². The van der Waals surface area contributed by atoms with Gasteiger partial charge in [-0.2, -0.15) is 0 Å². The molecule has 0 aromatic rings. The normalized spacial score (nSPS) is 11.1. The van der Waals surface area contributed by atoms with Gasteiger partial charge in [0.25, 0.3) is 0 Å². The second-order valence-corrected chi connectivity index (χ2v) is 4.85. The molecular formula is C7H17O9P. The van der Waals surface area contributed by atoms with Gasteiger partial charge >= 0.3 is 19.9 Å². The molecule has 0 aliphatic heterocycles. The molecule has 0 saturated heterocycles. The fraction of sp³-hybridized carbons (Fsp3) is 0.714. The number of rotatable bonds is 3. The van der Waals surface area contributed by atoms with Crippen molar-refractivity contribution in [3.05, 3.63) is 0 Å². The summed E-state index contributed by atoms with van der Waals surface area (Å²) in [5, 5.41) is 27.9. The molecule has 0 bridgehead atoms. The summed E-state index contributed by atoms with van der Waals surface area (Å²) in [6.07, 6.45) is -2.24. The van der Waals surface area contributed by atoms with E-state index >= 15 is 0 Å². The van der Waals surface area contributed by atoms with Crippen LogP contribution in [0.2, 0.25) is 0 Å². The van der Waals surface area contributed by atoms with Gasteiger partial charge in [0.2, 0.25) is 0 Å². The van der Waals surface area contributed by atoms with Crippen molar-refractivity contribution in [2.45, 2.75) is 32.3 Å². The fourth-order valence-corrected chi connectivity index (χ4v) is 1.18. The molecule has 0 saturated carbocycles. The van der Waals surface area contributed by atoms with E-state index in [0.717, 1.165) is 6.42 Å². The van der Waals surface area contributed by atoms with E-state index in [0.29, 0.717) is 6.42 Å². The fourth-order valence-electron chi connectivity index (χ4n) is 0.586. The lowest BCUT2D eigenvalue weighted by Crippen LogP contribution is -2.01. The van der Waals surface area contributed by atoms with Gasteiger partial charge in [0, 0.05) is 0 Å². The van der Waals surface area contributed by atoms with Crippen LogP contribution in [0.25, 0.3) is 0 Å². The summed E-state index contributed by atoms with van der Waals surface area (Å²) in [7, 11) is -3.77. The van der Waals surface area contributed by atoms with Crippen molar-refractivity contribution < 1.29 is 44.4 Å². The third kappa shape index (κ3) is 40.0. The van der Waals surface area contributed by atoms with Gasteiger partial charge in [0.1, 0.15) is 0 Å². The molecule has 0 aromatic carbocycles. The zero-order chi connectivity index (χ0) is 14.6. The molecule has 0 aliphatic carbocycles. The average molecular weight is 276 g/mol. The molecule has 0 spiro atoms. The zero-order valence-electron chi connectivity index (χ0n) is 9.35. The van der Waals surface area contributed by atoms with Gasteiger partial charge < -0.3 is 30.2 Å². The summed E-state index contributed by atoms with van der Waals surface area (Å²) < 4.78 is 10.4. The monoisotopic (exact) mass is 276 g/mol. The number of carboxylic acid groups (broad SMARTS) is 4. The van der Waals surface area contributed by atoms with Gasteiger partial charge in [0.15, 0.2) is 0 Å². The summed E-state index contributed by atoms with van der Waals surface area (Å²) in [4.78, 5) is 34.2. The second kappa shape index (κ2) is 11.2. The molecule has 0 amide bonds. The van der Waals surface area contributed by atoms with Crippen LogP contribution in [0, 0.1) is 0 Å². The maximum atomic E-state index is 10.4. The Kier molecular flexibility index (Phi) is 13.8. The molecule has 0 radical (unpaired) electrons. The van der Waals surface area contributed by atoms with Gasteiger partial charge in [-0.1, -0.05) is 20.3 Å². The minimum absolute atomic E-state index is 0.470. The van der Waals surface area contributed by atoms with Crippen LogP contribution < -0.4 is 0 Å². The maximum absolute atomic E-state index is 10.4. The molecule has 0 rings (SSSR count). The van der Waals surface area contributed by atoms with Crippen LogP contribution in [0.15, 0.2) is 0 Å². The van der Waals surface area contributed by atoms with Crippen molar-refractivity contribution in [1.82, 2.24) is 0 Å². The highest BCUT2D eigenvalue weighted by Crippen LogP contribution is 2.42. The average Bonchev–Trinajstić information content (AvgIpc) is 2.00. The van der Waals surface area contributed by atoms with Crippen LogP contribution >= 0.6 is 7.60 Å². The van der Waals surface area contributed by atoms with Gasteiger partial charge in [0.05, 0.1) is 5.66 Å². The Morgan fingerprint density at radius 3 is 1.35 bits per heavy atom. The van der Waals surface area contributed by atoms with Gasteiger partial charge in [-0.3, -0.25) is 4.57 Å². The van der Waals surface area contributed by atoms with Crippen molar-refractivity contribution in [2.75, 3.05) is 0 Å². The summed E-state index contributed by atoms with van der Waals surface area (Å²) in [6.45, 7) is 3.48. The predicted octanol–water partition coefficient (Wildman–Crippen LogP) is 1.80. The summed E-state index contributed by atoms with van der Waals surface area (Å²) in [5.74, 6) is 0. The first-order valence-corrected chi connectivity index (χ1v) is 6.02. The Bertz CT molecular complexity index is 238. The number of carbonyl (C=O) groups is 2. The molecule has 10 heteroatoms. The molecule has 0 aliphatic rings. The molecule has 0 aromatic heterocycles. The lowest BCUT2D eigenvalue weighted by atomic mass is 10.3. The second-order valence-electron chi connectivity index (χ2n) is 2.79. The van der Waals surface area contributed by atoms with Crippen LogP contribution in [-0.4, -0.2) is 48.2 Å². The molecule has 0 fully saturated rings. The van der Waals surface area contributed by atoms with Crippen molar-refractivity contribution in [1.29, 1.82) is 0 Å². The van der Waals surface area contributed by atoms with Crippen LogP contribution in [0.5, 0.6) is 0 Å². The van der Waals surface area contributed by atoms with E-state index in [1.165, 1.54) is 0 Å². The smallest absolute Gasteiger partial charge is 0.450 e. The minimum Gasteiger partial charge on any atom is -0.450 e. The van der Waals surface area contributed by atoms with E-state index in [4.69, 9.17) is 39.8 Å². The minimum atomic E-state index is -3.77. The van der Waals surface area contributed by atoms with Crippen LogP contribution in [-0.2, 0) is 4.57 Å². The Labute approximate surface area is 97.5 Å². The van der Waals surface area contributed by atoms with E-state index in [1.54, 1.807) is 6.92 Å². The molecule has 1 atom stereocenters. The van der Waals surface area contributed by atoms with E-state index in [-0.39, 0.29) is 0 Å². The van der Waals surface area contributed by atoms with E-state index < -0.39 is 25.6 Å². The first kappa shape index (κ1) is 21.0. The maximum Gasteiger partial charge on any atom is 0.503 e. The van der Waals surface area contributed by atoms with Gasteiger partial charge in [-0.25, -0.2) is 9.59 Å². The van der Waals surface area contributed by atoms with Crippen molar-refractivity contribution >= 4 is 19.9 Å². The van der Waals surface area contributed by atoms with Gasteiger partial charge in [-0.05, 0) is 6.42 Å². The Balaban J connectivity index is -0.000000205. The van der Waals surface area contributed by atoms with E-state index in [1.807, 2.05) is 6.92 Å². The Morgan fingerprint density at radius 1 is 1.06 bits per heavy atom. The molecule has 0 heterocycles. The van der Waals surface area contributed by atoms with Crippen molar-refractivity contribution in [3.8, 4) is 0 Å². The Hall–Kier alpha value is -1.31. The molecule has 17 heavy (non-hydrogen) atoms. The third-order valence-corrected chi connectivity index (χ3v) is 2.69. The highest BCUT2D eigenvalue weighted by molar-refractivity contribution is 7.52. The molecular weight excluding hydrogens is 259 g/mol. The summed E-state index contributed by atoms with van der Waals surface area (Å²) in [6, 6.07) is 0. The third-order valence-electron chi connectivity index (χ3n) is 1.28. The molecule has 1 unspecified atom stereocenters. The summed E-state index contributed by atoms with van der Waals surface area (Å²) >= 11 is 0. The largest absolute Gasteiger partial charge is 0.503 e. The van der Waals surface area contributed by atoms with Gasteiger partial charge in [-0.15, -0.1) is 0 Å². The Morgan fingerprint density at radius 2 is 1.29 bits per heavy atom. The van der Waals surface area contributed by atoms with Crippen LogP contribution in [0.1, 0.15) is 26.7 Å². The lowest BCUT2D eigenvalue weighted by Gasteiger charge is -2.10. The quantitative estimate of drug-likeness (QED) is 0.420. The number of hydrogen-bond donors (Lipinski definition) is 6. The van der Waals surface area contributed by atoms with Crippen LogP contribution in [0.4, 0.5) is 9.59 Å². The zero-order valence-corrected chi connectivity index (χ0v) is 10.2. The predicted molar refractivity (Wildman–Crippen MR) is 57.7 cm³/mol. The van der Waals surface area contributed by atoms with Crippen molar-refractivity contribution in [2.24, 2.45) is 0 Å². The standard InChI is InChI=1S/C5H13O3P.2CH2O3/c1-3-4-5(2)9(6,7)8;2*2-1(3)4/h5H,3-4H2,1-2H3,(H2,6,7,8);2*(H2,2,3,4). The first-order valence-electron chi connectivity index (χ1n) is 4.34. The molecule has 104 valence electrons. The highest BCUT2D eigenvalue weighted by atomic mass is 31.2. The molecule has 6 N–H and O–H groups in total. The van der Waals surface area contributed by atoms with Crippen molar-refractivity contribution in [3.63, 3.8) is 0 Å². The van der Waals surface area contributed by atoms with Crippen LogP contribution in [0.3, 0.4) is 0 Å². The highest BCUT2D eigenvalue weighted by Gasteiger charge is 2.21. The molecule has 9 nitrogen and oxygen atoms in total.